The van der Waals surface area contributed by atoms with Gasteiger partial charge in [0.25, 0.3) is 5.91 Å². The van der Waals surface area contributed by atoms with Gasteiger partial charge >= 0.3 is 0 Å². The minimum Gasteiger partial charge on any atom is -0.508 e. The first-order valence-corrected chi connectivity index (χ1v) is 6.49. The number of carbonyl (C=O) groups is 1. The van der Waals surface area contributed by atoms with Gasteiger partial charge in [-0.15, -0.1) is 0 Å². The number of aromatic hydroxyl groups is 1. The van der Waals surface area contributed by atoms with E-state index in [1.807, 2.05) is 19.1 Å². The number of carbonyl (C=O) groups excluding carboxylic acids is 1. The van der Waals surface area contributed by atoms with E-state index in [1.54, 1.807) is 12.1 Å². The van der Waals surface area contributed by atoms with E-state index in [4.69, 9.17) is 5.11 Å². The van der Waals surface area contributed by atoms with Gasteiger partial charge in [0.2, 0.25) is 0 Å². The Bertz CT molecular complexity index is 658. The van der Waals surface area contributed by atoms with Crippen LogP contribution in [0.2, 0.25) is 0 Å². The Hall–Kier alpha value is -2.40. The van der Waals surface area contributed by atoms with Gasteiger partial charge < -0.3 is 15.5 Å². The van der Waals surface area contributed by atoms with Crippen LogP contribution >= 0.6 is 0 Å². The minimum atomic E-state index is -0.865. The van der Waals surface area contributed by atoms with Crippen molar-refractivity contribution in [2.45, 2.75) is 13.0 Å². The van der Waals surface area contributed by atoms with Crippen LogP contribution in [0.4, 0.5) is 4.39 Å². The van der Waals surface area contributed by atoms with E-state index in [-0.39, 0.29) is 17.9 Å². The van der Waals surface area contributed by atoms with Crippen LogP contribution in [0.15, 0.2) is 42.5 Å². The lowest BCUT2D eigenvalue weighted by atomic mass is 10.0. The predicted molar refractivity (Wildman–Crippen MR) is 76.5 cm³/mol. The first kappa shape index (κ1) is 15.0. The number of amides is 1. The second kappa shape index (κ2) is 6.37. The van der Waals surface area contributed by atoms with Crippen molar-refractivity contribution in [1.29, 1.82) is 0 Å². The fourth-order valence-electron chi connectivity index (χ4n) is 2.04. The molecular formula is C16H16FNO3. The third kappa shape index (κ3) is 3.58. The first-order chi connectivity index (χ1) is 9.99. The van der Waals surface area contributed by atoms with Gasteiger partial charge in [0.15, 0.2) is 0 Å². The maximum absolute atomic E-state index is 13.5. The molecule has 0 aliphatic carbocycles. The Balaban J connectivity index is 2.02. The highest BCUT2D eigenvalue weighted by Crippen LogP contribution is 2.17. The lowest BCUT2D eigenvalue weighted by molar-refractivity contribution is 0.0912. The summed E-state index contributed by atoms with van der Waals surface area (Å²) >= 11 is 0. The molecule has 0 saturated heterocycles. The molecule has 2 aromatic carbocycles. The van der Waals surface area contributed by atoms with E-state index >= 15 is 0 Å². The summed E-state index contributed by atoms with van der Waals surface area (Å²) in [7, 11) is 0. The molecule has 1 amide bonds. The molecule has 21 heavy (non-hydrogen) atoms. The highest BCUT2D eigenvalue weighted by atomic mass is 19.1. The lowest BCUT2D eigenvalue weighted by Gasteiger charge is -2.14. The summed E-state index contributed by atoms with van der Waals surface area (Å²) in [6, 6.07) is 10.6. The Morgan fingerprint density at radius 1 is 1.29 bits per heavy atom. The molecule has 4 nitrogen and oxygen atoms in total. The zero-order chi connectivity index (χ0) is 15.4. The summed E-state index contributed by atoms with van der Waals surface area (Å²) in [5, 5.41) is 21.6. The van der Waals surface area contributed by atoms with Crippen LogP contribution in [0.3, 0.4) is 0 Å². The summed E-state index contributed by atoms with van der Waals surface area (Å²) in [6.07, 6.45) is -0.865. The van der Waals surface area contributed by atoms with Crippen LogP contribution in [0, 0.1) is 12.7 Å². The van der Waals surface area contributed by atoms with E-state index in [1.165, 1.54) is 12.1 Å². The van der Waals surface area contributed by atoms with Crippen molar-refractivity contribution in [1.82, 2.24) is 5.32 Å². The molecule has 2 rings (SSSR count). The first-order valence-electron chi connectivity index (χ1n) is 6.49. The SMILES string of the molecule is Cc1ccccc1[C@@H](O)CNC(=O)c1ccc(O)cc1F. The van der Waals surface area contributed by atoms with Gasteiger partial charge in [-0.1, -0.05) is 24.3 Å². The molecule has 0 aliphatic heterocycles. The van der Waals surface area contributed by atoms with Crippen LogP contribution in [0.25, 0.3) is 0 Å². The third-order valence-electron chi connectivity index (χ3n) is 3.20. The van der Waals surface area contributed by atoms with Crippen LogP contribution in [-0.4, -0.2) is 22.7 Å². The number of aryl methyl sites for hydroxylation is 1. The molecule has 110 valence electrons. The van der Waals surface area contributed by atoms with E-state index < -0.39 is 17.8 Å². The van der Waals surface area contributed by atoms with Gasteiger partial charge in [0.1, 0.15) is 11.6 Å². The lowest BCUT2D eigenvalue weighted by Crippen LogP contribution is -2.29. The highest BCUT2D eigenvalue weighted by Gasteiger charge is 2.15. The summed E-state index contributed by atoms with van der Waals surface area (Å²) in [4.78, 5) is 11.9. The van der Waals surface area contributed by atoms with Crippen LogP contribution in [0.1, 0.15) is 27.6 Å². The average molecular weight is 289 g/mol. The Kier molecular flexibility index (Phi) is 4.55. The predicted octanol–water partition coefficient (Wildman–Crippen LogP) is 2.30. The quantitative estimate of drug-likeness (QED) is 0.809. The smallest absolute Gasteiger partial charge is 0.254 e. The number of aliphatic hydroxyl groups excluding tert-OH is 1. The van der Waals surface area contributed by atoms with E-state index in [0.29, 0.717) is 5.56 Å². The monoisotopic (exact) mass is 289 g/mol. The Labute approximate surface area is 121 Å². The number of benzene rings is 2. The molecule has 3 N–H and O–H groups in total. The van der Waals surface area contributed by atoms with E-state index in [9.17, 15) is 14.3 Å². The number of phenols is 1. The molecule has 0 bridgehead atoms. The third-order valence-corrected chi connectivity index (χ3v) is 3.20. The molecule has 0 saturated carbocycles. The summed E-state index contributed by atoms with van der Waals surface area (Å²) in [5.41, 5.74) is 1.45. The average Bonchev–Trinajstić information content (AvgIpc) is 2.45. The normalized spacial score (nSPS) is 12.0. The fourth-order valence-corrected chi connectivity index (χ4v) is 2.04. The van der Waals surface area contributed by atoms with E-state index in [0.717, 1.165) is 11.6 Å². The minimum absolute atomic E-state index is 0.0238. The fraction of sp³-hybridized carbons (Fsp3) is 0.188. The van der Waals surface area contributed by atoms with Crippen molar-refractivity contribution in [3.63, 3.8) is 0 Å². The van der Waals surface area contributed by atoms with Crippen LogP contribution < -0.4 is 5.32 Å². The number of hydrogen-bond donors (Lipinski definition) is 3. The second-order valence-corrected chi connectivity index (χ2v) is 4.75. The van der Waals surface area contributed by atoms with Crippen molar-refractivity contribution >= 4 is 5.91 Å². The van der Waals surface area contributed by atoms with Gasteiger partial charge in [-0.05, 0) is 30.2 Å². The van der Waals surface area contributed by atoms with Crippen LogP contribution in [0.5, 0.6) is 5.75 Å². The molecule has 0 spiro atoms. The standard InChI is InChI=1S/C16H16FNO3/c1-10-4-2-3-5-12(10)15(20)9-18-16(21)13-7-6-11(19)8-14(13)17/h2-8,15,19-20H,9H2,1H3,(H,18,21)/t15-/m0/s1. The summed E-state index contributed by atoms with van der Waals surface area (Å²) in [5.74, 6) is -1.69. The number of aliphatic hydroxyl groups is 1. The maximum atomic E-state index is 13.5. The number of hydrogen-bond acceptors (Lipinski definition) is 3. The highest BCUT2D eigenvalue weighted by molar-refractivity contribution is 5.94. The maximum Gasteiger partial charge on any atom is 0.254 e. The molecule has 0 radical (unpaired) electrons. The molecular weight excluding hydrogens is 273 g/mol. The van der Waals surface area contributed by atoms with Crippen molar-refractivity contribution < 1.29 is 19.4 Å². The molecule has 0 heterocycles. The van der Waals surface area contributed by atoms with Gasteiger partial charge in [-0.2, -0.15) is 0 Å². The van der Waals surface area contributed by atoms with Crippen molar-refractivity contribution in [2.24, 2.45) is 0 Å². The molecule has 0 fully saturated rings. The van der Waals surface area contributed by atoms with Crippen molar-refractivity contribution in [3.05, 3.63) is 65.0 Å². The number of rotatable bonds is 4. The molecule has 2 aromatic rings. The van der Waals surface area contributed by atoms with Crippen LogP contribution in [-0.2, 0) is 0 Å². The molecule has 1 atom stereocenters. The molecule has 0 unspecified atom stereocenters. The van der Waals surface area contributed by atoms with Gasteiger partial charge in [0.05, 0.1) is 11.7 Å². The zero-order valence-corrected chi connectivity index (χ0v) is 11.5. The summed E-state index contributed by atoms with van der Waals surface area (Å²) in [6.45, 7) is 1.84. The van der Waals surface area contributed by atoms with Crippen molar-refractivity contribution in [3.8, 4) is 5.75 Å². The topological polar surface area (TPSA) is 69.6 Å². The zero-order valence-electron chi connectivity index (χ0n) is 11.5. The number of halogens is 1. The molecule has 0 aliphatic rings. The number of phenolic OH excluding ortho intramolecular Hbond substituents is 1. The van der Waals surface area contributed by atoms with Gasteiger partial charge in [0, 0.05) is 12.6 Å². The molecule has 0 aromatic heterocycles. The van der Waals surface area contributed by atoms with Gasteiger partial charge in [-0.3, -0.25) is 4.79 Å². The summed E-state index contributed by atoms with van der Waals surface area (Å²) < 4.78 is 13.5. The largest absolute Gasteiger partial charge is 0.508 e. The number of nitrogens with one attached hydrogen (secondary N) is 1. The van der Waals surface area contributed by atoms with Gasteiger partial charge in [-0.25, -0.2) is 4.39 Å². The second-order valence-electron chi connectivity index (χ2n) is 4.75. The Morgan fingerprint density at radius 2 is 2.00 bits per heavy atom. The molecule has 5 heteroatoms. The van der Waals surface area contributed by atoms with E-state index in [2.05, 4.69) is 5.32 Å². The van der Waals surface area contributed by atoms with Crippen molar-refractivity contribution in [2.75, 3.05) is 6.54 Å². The Morgan fingerprint density at radius 3 is 2.67 bits per heavy atom.